The molecular weight excluding hydrogens is 286 g/mol. The van der Waals surface area contributed by atoms with E-state index in [1.165, 1.54) is 0 Å². The quantitative estimate of drug-likeness (QED) is 0.582. The minimum absolute atomic E-state index is 0.260. The normalized spacial score (nSPS) is 10.1. The number of urea groups is 1. The summed E-state index contributed by atoms with van der Waals surface area (Å²) in [4.78, 5) is 11.7. The van der Waals surface area contributed by atoms with Crippen molar-refractivity contribution >= 4 is 29.0 Å². The number of nitrogen functional groups attached to an aromatic ring is 1. The number of hydrogen-bond donors (Lipinski definition) is 3. The monoisotopic (exact) mass is 303 g/mol. The average molecular weight is 304 g/mol. The van der Waals surface area contributed by atoms with Crippen LogP contribution < -0.4 is 16.4 Å². The van der Waals surface area contributed by atoms with Gasteiger partial charge in [-0.2, -0.15) is 0 Å². The molecule has 0 aliphatic heterocycles. The Morgan fingerprint density at radius 2 is 1.81 bits per heavy atom. The van der Waals surface area contributed by atoms with Gasteiger partial charge in [0.1, 0.15) is 0 Å². The highest BCUT2D eigenvalue weighted by Crippen LogP contribution is 2.20. The zero-order chi connectivity index (χ0) is 15.1. The third-order valence-corrected chi connectivity index (χ3v) is 3.42. The van der Waals surface area contributed by atoms with Crippen molar-refractivity contribution in [2.75, 3.05) is 17.6 Å². The van der Waals surface area contributed by atoms with Crippen LogP contribution in [-0.4, -0.2) is 12.6 Å². The molecule has 2 rings (SSSR count). The molecule has 5 heteroatoms. The molecule has 0 unspecified atom stereocenters. The number of carbonyl (C=O) groups is 1. The summed E-state index contributed by atoms with van der Waals surface area (Å²) < 4.78 is 0. The molecule has 0 radical (unpaired) electrons. The van der Waals surface area contributed by atoms with Gasteiger partial charge in [0.25, 0.3) is 0 Å². The Hall–Kier alpha value is -2.20. The van der Waals surface area contributed by atoms with E-state index in [0.717, 1.165) is 24.1 Å². The molecule has 4 nitrogen and oxygen atoms in total. The van der Waals surface area contributed by atoms with Crippen molar-refractivity contribution in [2.45, 2.75) is 12.8 Å². The van der Waals surface area contributed by atoms with Gasteiger partial charge in [0.15, 0.2) is 0 Å². The first-order valence-corrected chi connectivity index (χ1v) is 7.17. The van der Waals surface area contributed by atoms with Gasteiger partial charge in [-0.3, -0.25) is 0 Å². The molecule has 4 N–H and O–H groups in total. The van der Waals surface area contributed by atoms with Gasteiger partial charge >= 0.3 is 6.03 Å². The highest BCUT2D eigenvalue weighted by atomic mass is 35.5. The van der Waals surface area contributed by atoms with Crippen LogP contribution in [0, 0.1) is 0 Å². The van der Waals surface area contributed by atoms with Crippen molar-refractivity contribution in [1.82, 2.24) is 5.32 Å². The molecule has 21 heavy (non-hydrogen) atoms. The number of aryl methyl sites for hydroxylation is 1. The fraction of sp³-hybridized carbons (Fsp3) is 0.188. The van der Waals surface area contributed by atoms with Gasteiger partial charge in [-0.1, -0.05) is 41.9 Å². The van der Waals surface area contributed by atoms with Gasteiger partial charge in [0.05, 0.1) is 10.7 Å². The first-order chi connectivity index (χ1) is 10.2. The van der Waals surface area contributed by atoms with Gasteiger partial charge in [-0.25, -0.2) is 4.79 Å². The lowest BCUT2D eigenvalue weighted by Gasteiger charge is -2.09. The van der Waals surface area contributed by atoms with Crippen LogP contribution in [0.15, 0.2) is 48.5 Å². The molecule has 2 amide bonds. The lowest BCUT2D eigenvalue weighted by atomic mass is 10.1. The van der Waals surface area contributed by atoms with Crippen molar-refractivity contribution in [3.8, 4) is 0 Å². The number of rotatable bonds is 5. The summed E-state index contributed by atoms with van der Waals surface area (Å²) in [7, 11) is 0. The second-order valence-corrected chi connectivity index (χ2v) is 5.07. The zero-order valence-electron chi connectivity index (χ0n) is 11.6. The van der Waals surface area contributed by atoms with E-state index in [9.17, 15) is 4.79 Å². The second kappa shape index (κ2) is 7.55. The Labute approximate surface area is 129 Å². The summed E-state index contributed by atoms with van der Waals surface area (Å²) >= 11 is 5.97. The van der Waals surface area contributed by atoms with E-state index in [-0.39, 0.29) is 6.03 Å². The Balaban J connectivity index is 1.73. The van der Waals surface area contributed by atoms with Crippen LogP contribution in [0.25, 0.3) is 0 Å². The predicted octanol–water partition coefficient (Wildman–Crippen LogP) is 3.68. The molecule has 0 saturated heterocycles. The third-order valence-electron chi connectivity index (χ3n) is 3.09. The number of amides is 2. The molecule has 0 bridgehead atoms. The van der Waals surface area contributed by atoms with E-state index < -0.39 is 0 Å². The molecule has 0 fully saturated rings. The molecule has 0 atom stereocenters. The SMILES string of the molecule is Nc1ccccc1CCCNC(=O)Nc1ccccc1Cl. The predicted molar refractivity (Wildman–Crippen MR) is 87.6 cm³/mol. The summed E-state index contributed by atoms with van der Waals surface area (Å²) in [5.41, 5.74) is 8.36. The van der Waals surface area contributed by atoms with Gasteiger partial charge < -0.3 is 16.4 Å². The van der Waals surface area contributed by atoms with Crippen LogP contribution in [0.1, 0.15) is 12.0 Å². The van der Waals surface area contributed by atoms with E-state index in [1.807, 2.05) is 36.4 Å². The molecule has 110 valence electrons. The Bertz CT molecular complexity index is 616. The van der Waals surface area contributed by atoms with Gasteiger partial charge in [0, 0.05) is 12.2 Å². The van der Waals surface area contributed by atoms with Crippen molar-refractivity contribution in [3.63, 3.8) is 0 Å². The largest absolute Gasteiger partial charge is 0.399 e. The standard InChI is InChI=1S/C16H18ClN3O/c17-13-8-2-4-10-15(13)20-16(21)19-11-5-7-12-6-1-3-9-14(12)18/h1-4,6,8-10H,5,7,11,18H2,(H2,19,20,21). The van der Waals surface area contributed by atoms with Gasteiger partial charge in [-0.15, -0.1) is 0 Å². The number of nitrogens with two attached hydrogens (primary N) is 1. The number of para-hydroxylation sites is 2. The molecule has 2 aromatic rings. The maximum absolute atomic E-state index is 11.7. The first kappa shape index (κ1) is 15.2. The second-order valence-electron chi connectivity index (χ2n) is 4.66. The van der Waals surface area contributed by atoms with Crippen LogP contribution in [-0.2, 0) is 6.42 Å². The van der Waals surface area contributed by atoms with E-state index in [2.05, 4.69) is 10.6 Å². The van der Waals surface area contributed by atoms with E-state index in [4.69, 9.17) is 17.3 Å². The number of halogens is 1. The van der Waals surface area contributed by atoms with E-state index in [0.29, 0.717) is 17.3 Å². The first-order valence-electron chi connectivity index (χ1n) is 6.79. The topological polar surface area (TPSA) is 67.1 Å². The summed E-state index contributed by atoms with van der Waals surface area (Å²) in [6, 6.07) is 14.6. The van der Waals surface area contributed by atoms with E-state index >= 15 is 0 Å². The van der Waals surface area contributed by atoms with Crippen LogP contribution in [0.3, 0.4) is 0 Å². The van der Waals surface area contributed by atoms with Gasteiger partial charge in [0.2, 0.25) is 0 Å². The Morgan fingerprint density at radius 1 is 1.10 bits per heavy atom. The number of carbonyl (C=O) groups excluding carboxylic acids is 1. The number of benzene rings is 2. The van der Waals surface area contributed by atoms with Gasteiger partial charge in [-0.05, 0) is 36.6 Å². The minimum Gasteiger partial charge on any atom is -0.399 e. The lowest BCUT2D eigenvalue weighted by Crippen LogP contribution is -2.29. The van der Waals surface area contributed by atoms with Crippen molar-refractivity contribution in [2.24, 2.45) is 0 Å². The minimum atomic E-state index is -0.260. The Kier molecular flexibility index (Phi) is 5.46. The summed E-state index contributed by atoms with van der Waals surface area (Å²) in [6.07, 6.45) is 1.66. The van der Waals surface area contributed by atoms with Crippen molar-refractivity contribution in [3.05, 3.63) is 59.1 Å². The van der Waals surface area contributed by atoms with E-state index in [1.54, 1.807) is 12.1 Å². The Morgan fingerprint density at radius 3 is 2.57 bits per heavy atom. The van der Waals surface area contributed by atoms with Crippen LogP contribution in [0.2, 0.25) is 5.02 Å². The highest BCUT2D eigenvalue weighted by Gasteiger charge is 2.04. The molecular formula is C16H18ClN3O. The summed E-state index contributed by atoms with van der Waals surface area (Å²) in [5.74, 6) is 0. The smallest absolute Gasteiger partial charge is 0.319 e. The molecule has 0 heterocycles. The molecule has 0 aromatic heterocycles. The number of hydrogen-bond acceptors (Lipinski definition) is 2. The number of nitrogens with one attached hydrogen (secondary N) is 2. The number of anilines is 2. The van der Waals surface area contributed by atoms with Crippen LogP contribution in [0.4, 0.5) is 16.2 Å². The van der Waals surface area contributed by atoms with Crippen molar-refractivity contribution in [1.29, 1.82) is 0 Å². The summed E-state index contributed by atoms with van der Waals surface area (Å²) in [5, 5.41) is 6.03. The molecule has 0 aliphatic rings. The molecule has 2 aromatic carbocycles. The van der Waals surface area contributed by atoms with Crippen molar-refractivity contribution < 1.29 is 4.79 Å². The fourth-order valence-corrected chi connectivity index (χ4v) is 2.15. The maximum atomic E-state index is 11.7. The molecule has 0 aliphatic carbocycles. The highest BCUT2D eigenvalue weighted by molar-refractivity contribution is 6.33. The average Bonchev–Trinajstić information content (AvgIpc) is 2.48. The fourth-order valence-electron chi connectivity index (χ4n) is 1.97. The summed E-state index contributed by atoms with van der Waals surface area (Å²) in [6.45, 7) is 0.574. The molecule has 0 saturated carbocycles. The van der Waals surface area contributed by atoms with Crippen LogP contribution in [0.5, 0.6) is 0 Å². The zero-order valence-corrected chi connectivity index (χ0v) is 12.4. The van der Waals surface area contributed by atoms with Crippen LogP contribution >= 0.6 is 11.6 Å². The molecule has 0 spiro atoms. The third kappa shape index (κ3) is 4.68. The lowest BCUT2D eigenvalue weighted by molar-refractivity contribution is 0.252. The maximum Gasteiger partial charge on any atom is 0.319 e.